The van der Waals surface area contributed by atoms with Gasteiger partial charge in [-0.25, -0.2) is 4.79 Å². The van der Waals surface area contributed by atoms with Gasteiger partial charge in [-0.15, -0.1) is 0 Å². The van der Waals surface area contributed by atoms with Gasteiger partial charge in [-0.05, 0) is 44.0 Å². The van der Waals surface area contributed by atoms with E-state index in [9.17, 15) is 4.79 Å². The van der Waals surface area contributed by atoms with Crippen LogP contribution >= 0.6 is 0 Å². The first-order valence-electron chi connectivity index (χ1n) is 6.66. The molecule has 1 N–H and O–H groups in total. The molecule has 2 rings (SSSR count). The number of hydrogen-bond donors (Lipinski definition) is 1. The summed E-state index contributed by atoms with van der Waals surface area (Å²) in [7, 11) is 2.12. The fraction of sp³-hybridized carbons (Fsp3) is 0.533. The van der Waals surface area contributed by atoms with Crippen molar-refractivity contribution in [2.24, 2.45) is 5.92 Å². The SMILES string of the molecule is CN(CCc1ccccc1C(=O)O)CCC1CC1. The third kappa shape index (κ3) is 3.84. The van der Waals surface area contributed by atoms with Crippen LogP contribution in [0.2, 0.25) is 0 Å². The lowest BCUT2D eigenvalue weighted by Gasteiger charge is -2.16. The highest BCUT2D eigenvalue weighted by Gasteiger charge is 2.21. The number of carbonyl (C=O) groups is 1. The maximum Gasteiger partial charge on any atom is 0.335 e. The summed E-state index contributed by atoms with van der Waals surface area (Å²) in [5.74, 6) is 0.130. The fourth-order valence-electron chi connectivity index (χ4n) is 2.18. The van der Waals surface area contributed by atoms with Crippen molar-refractivity contribution < 1.29 is 9.90 Å². The zero-order valence-corrected chi connectivity index (χ0v) is 10.9. The number of aromatic carboxylic acids is 1. The number of nitrogens with zero attached hydrogens (tertiary/aromatic N) is 1. The molecular weight excluding hydrogens is 226 g/mol. The van der Waals surface area contributed by atoms with Crippen LogP contribution in [-0.4, -0.2) is 36.1 Å². The topological polar surface area (TPSA) is 40.5 Å². The lowest BCUT2D eigenvalue weighted by atomic mass is 10.0. The van der Waals surface area contributed by atoms with Crippen molar-refractivity contribution in [3.8, 4) is 0 Å². The molecular formula is C15H21NO2. The molecule has 18 heavy (non-hydrogen) atoms. The molecule has 3 nitrogen and oxygen atoms in total. The minimum atomic E-state index is -0.828. The van der Waals surface area contributed by atoms with Crippen molar-refractivity contribution in [3.63, 3.8) is 0 Å². The highest BCUT2D eigenvalue weighted by molar-refractivity contribution is 5.89. The first-order valence-corrected chi connectivity index (χ1v) is 6.66. The van der Waals surface area contributed by atoms with Crippen molar-refractivity contribution in [1.29, 1.82) is 0 Å². The van der Waals surface area contributed by atoms with E-state index in [1.807, 2.05) is 12.1 Å². The summed E-state index contributed by atoms with van der Waals surface area (Å²) < 4.78 is 0. The molecule has 0 spiro atoms. The summed E-state index contributed by atoms with van der Waals surface area (Å²) in [6.45, 7) is 2.05. The third-order valence-electron chi connectivity index (χ3n) is 3.63. The Balaban J connectivity index is 1.82. The van der Waals surface area contributed by atoms with E-state index in [4.69, 9.17) is 5.11 Å². The first kappa shape index (κ1) is 13.1. The van der Waals surface area contributed by atoms with E-state index < -0.39 is 5.97 Å². The Morgan fingerprint density at radius 1 is 1.33 bits per heavy atom. The number of carboxylic acid groups (broad SMARTS) is 1. The number of hydrogen-bond acceptors (Lipinski definition) is 2. The molecule has 0 radical (unpaired) electrons. The largest absolute Gasteiger partial charge is 0.478 e. The van der Waals surface area contributed by atoms with Gasteiger partial charge < -0.3 is 10.0 Å². The number of likely N-dealkylation sites (N-methyl/N-ethyl adjacent to an activating group) is 1. The minimum absolute atomic E-state index is 0.438. The first-order chi connectivity index (χ1) is 8.66. The fourth-order valence-corrected chi connectivity index (χ4v) is 2.18. The number of carboxylic acids is 1. The van der Waals surface area contributed by atoms with Crippen molar-refractivity contribution in [1.82, 2.24) is 4.90 Å². The lowest BCUT2D eigenvalue weighted by molar-refractivity contribution is 0.0695. The van der Waals surface area contributed by atoms with Crippen LogP contribution in [0.5, 0.6) is 0 Å². The van der Waals surface area contributed by atoms with Crippen LogP contribution in [0.25, 0.3) is 0 Å². The van der Waals surface area contributed by atoms with Gasteiger partial charge in [0.25, 0.3) is 0 Å². The highest BCUT2D eigenvalue weighted by atomic mass is 16.4. The van der Waals surface area contributed by atoms with Crippen molar-refractivity contribution in [2.75, 3.05) is 20.1 Å². The van der Waals surface area contributed by atoms with Gasteiger partial charge in [-0.3, -0.25) is 0 Å². The quantitative estimate of drug-likeness (QED) is 0.805. The summed E-state index contributed by atoms with van der Waals surface area (Å²) >= 11 is 0. The maximum atomic E-state index is 11.1. The molecule has 98 valence electrons. The molecule has 0 aromatic heterocycles. The molecule has 1 fully saturated rings. The standard InChI is InChI=1S/C15H21NO2/c1-16(10-8-12-6-7-12)11-9-13-4-2-3-5-14(13)15(17)18/h2-5,12H,6-11H2,1H3,(H,17,18). The average Bonchev–Trinajstić information content (AvgIpc) is 3.18. The van der Waals surface area contributed by atoms with Crippen LogP contribution in [0.4, 0.5) is 0 Å². The number of benzene rings is 1. The van der Waals surface area contributed by atoms with Crippen LogP contribution < -0.4 is 0 Å². The predicted molar refractivity (Wildman–Crippen MR) is 71.9 cm³/mol. The smallest absolute Gasteiger partial charge is 0.335 e. The summed E-state index contributed by atoms with van der Waals surface area (Å²) in [6.07, 6.45) is 4.89. The molecule has 0 aliphatic heterocycles. The monoisotopic (exact) mass is 247 g/mol. The molecule has 0 saturated heterocycles. The van der Waals surface area contributed by atoms with E-state index in [0.29, 0.717) is 5.56 Å². The second-order valence-electron chi connectivity index (χ2n) is 5.25. The normalized spacial score (nSPS) is 15.0. The minimum Gasteiger partial charge on any atom is -0.478 e. The summed E-state index contributed by atoms with van der Waals surface area (Å²) in [5, 5.41) is 9.10. The van der Waals surface area contributed by atoms with E-state index in [-0.39, 0.29) is 0 Å². The zero-order valence-electron chi connectivity index (χ0n) is 10.9. The van der Waals surface area contributed by atoms with E-state index in [0.717, 1.165) is 31.0 Å². The second-order valence-corrected chi connectivity index (χ2v) is 5.25. The molecule has 1 saturated carbocycles. The Bertz CT molecular complexity index is 413. The molecule has 1 aromatic rings. The van der Waals surface area contributed by atoms with Crippen molar-refractivity contribution in [3.05, 3.63) is 35.4 Å². The van der Waals surface area contributed by atoms with Gasteiger partial charge in [0.05, 0.1) is 5.56 Å². The van der Waals surface area contributed by atoms with Crippen LogP contribution in [0.3, 0.4) is 0 Å². The van der Waals surface area contributed by atoms with Crippen LogP contribution in [-0.2, 0) is 6.42 Å². The Labute approximate surface area is 108 Å². The molecule has 0 amide bonds. The van der Waals surface area contributed by atoms with Gasteiger partial charge in [0, 0.05) is 6.54 Å². The molecule has 1 aliphatic carbocycles. The van der Waals surface area contributed by atoms with Gasteiger partial charge in [0.1, 0.15) is 0 Å². The molecule has 0 unspecified atom stereocenters. The van der Waals surface area contributed by atoms with Crippen LogP contribution in [0.1, 0.15) is 35.2 Å². The molecule has 1 aromatic carbocycles. The molecule has 0 heterocycles. The third-order valence-corrected chi connectivity index (χ3v) is 3.63. The summed E-state index contributed by atoms with van der Waals surface area (Å²) in [4.78, 5) is 13.4. The van der Waals surface area contributed by atoms with Gasteiger partial charge in [0.15, 0.2) is 0 Å². The predicted octanol–water partition coefficient (Wildman–Crippen LogP) is 2.66. The van der Waals surface area contributed by atoms with Crippen molar-refractivity contribution in [2.45, 2.75) is 25.7 Å². The Kier molecular flexibility index (Phi) is 4.37. The molecule has 1 aliphatic rings. The Morgan fingerprint density at radius 3 is 2.72 bits per heavy atom. The van der Waals surface area contributed by atoms with Crippen LogP contribution in [0.15, 0.2) is 24.3 Å². The molecule has 3 heteroatoms. The van der Waals surface area contributed by atoms with E-state index in [2.05, 4.69) is 11.9 Å². The van der Waals surface area contributed by atoms with E-state index >= 15 is 0 Å². The highest BCUT2D eigenvalue weighted by Crippen LogP contribution is 2.32. The maximum absolute atomic E-state index is 11.1. The molecule has 0 bridgehead atoms. The van der Waals surface area contributed by atoms with Gasteiger partial charge in [0.2, 0.25) is 0 Å². The summed E-state index contributed by atoms with van der Waals surface area (Å²) in [6, 6.07) is 7.29. The van der Waals surface area contributed by atoms with Gasteiger partial charge >= 0.3 is 5.97 Å². The van der Waals surface area contributed by atoms with E-state index in [1.165, 1.54) is 19.3 Å². The lowest BCUT2D eigenvalue weighted by Crippen LogP contribution is -2.23. The van der Waals surface area contributed by atoms with Gasteiger partial charge in [-0.2, -0.15) is 0 Å². The average molecular weight is 247 g/mol. The van der Waals surface area contributed by atoms with Crippen molar-refractivity contribution >= 4 is 5.97 Å². The Hall–Kier alpha value is -1.35. The van der Waals surface area contributed by atoms with E-state index in [1.54, 1.807) is 12.1 Å². The van der Waals surface area contributed by atoms with Crippen LogP contribution in [0, 0.1) is 5.92 Å². The van der Waals surface area contributed by atoms with Gasteiger partial charge in [-0.1, -0.05) is 31.0 Å². The second kappa shape index (κ2) is 6.01. The number of rotatable bonds is 7. The zero-order chi connectivity index (χ0) is 13.0. The molecule has 0 atom stereocenters. The Morgan fingerprint density at radius 2 is 2.06 bits per heavy atom. The summed E-state index contributed by atoms with van der Waals surface area (Å²) in [5.41, 5.74) is 1.37.